The van der Waals surface area contributed by atoms with Crippen LogP contribution in [0.3, 0.4) is 0 Å². The van der Waals surface area contributed by atoms with Crippen LogP contribution in [0.4, 0.5) is 10.5 Å². The van der Waals surface area contributed by atoms with Crippen LogP contribution in [0.25, 0.3) is 0 Å². The first kappa shape index (κ1) is 13.2. The number of hydrogen-bond acceptors (Lipinski definition) is 4. The standard InChI is InChI=1S/C11H12ClNO4S/c12-9-6-18(15,16)7-10(9)17-11(14)13-8-4-2-1-3-5-8/h1-5,9-10H,6-7H2,(H,13,14)/t9-,10+/m1/s1. The summed E-state index contributed by atoms with van der Waals surface area (Å²) in [6.45, 7) is 0. The topological polar surface area (TPSA) is 72.5 Å². The molecule has 1 saturated heterocycles. The third-order valence-electron chi connectivity index (χ3n) is 2.51. The fourth-order valence-corrected chi connectivity index (χ4v) is 4.15. The minimum atomic E-state index is -3.20. The van der Waals surface area contributed by atoms with E-state index in [0.717, 1.165) is 0 Å². The number of nitrogens with one attached hydrogen (secondary N) is 1. The van der Waals surface area contributed by atoms with Crippen molar-refractivity contribution in [1.29, 1.82) is 0 Å². The summed E-state index contributed by atoms with van der Waals surface area (Å²) in [6, 6.07) is 8.74. The molecule has 0 saturated carbocycles. The Morgan fingerprint density at radius 3 is 2.50 bits per heavy atom. The second-order valence-corrected chi connectivity index (χ2v) is 6.74. The third kappa shape index (κ3) is 3.36. The smallest absolute Gasteiger partial charge is 0.411 e. The molecule has 1 heterocycles. The molecule has 1 amide bonds. The number of sulfone groups is 1. The largest absolute Gasteiger partial charge is 0.443 e. The van der Waals surface area contributed by atoms with Crippen molar-refractivity contribution in [3.05, 3.63) is 30.3 Å². The van der Waals surface area contributed by atoms with Crippen molar-refractivity contribution in [2.75, 3.05) is 16.8 Å². The lowest BCUT2D eigenvalue weighted by Gasteiger charge is -2.14. The van der Waals surface area contributed by atoms with Crippen LogP contribution < -0.4 is 5.32 Å². The molecule has 7 heteroatoms. The van der Waals surface area contributed by atoms with Gasteiger partial charge in [0.2, 0.25) is 0 Å². The first-order valence-corrected chi connectivity index (χ1v) is 7.59. The number of carbonyl (C=O) groups excluding carboxylic acids is 1. The Morgan fingerprint density at radius 2 is 1.94 bits per heavy atom. The lowest BCUT2D eigenvalue weighted by molar-refractivity contribution is 0.125. The summed E-state index contributed by atoms with van der Waals surface area (Å²) in [5.74, 6) is -0.374. The molecule has 0 unspecified atom stereocenters. The molecule has 1 aliphatic heterocycles. The molecule has 1 aromatic rings. The Kier molecular flexibility index (Phi) is 3.77. The molecular formula is C11H12ClNO4S. The number of para-hydroxylation sites is 1. The van der Waals surface area contributed by atoms with E-state index in [4.69, 9.17) is 16.3 Å². The highest BCUT2D eigenvalue weighted by Crippen LogP contribution is 2.21. The number of ether oxygens (including phenoxy) is 1. The quantitative estimate of drug-likeness (QED) is 0.840. The van der Waals surface area contributed by atoms with Crippen molar-refractivity contribution < 1.29 is 17.9 Å². The minimum Gasteiger partial charge on any atom is -0.443 e. The number of hydrogen-bond donors (Lipinski definition) is 1. The van der Waals surface area contributed by atoms with E-state index in [1.807, 2.05) is 6.07 Å². The van der Waals surface area contributed by atoms with Crippen molar-refractivity contribution in [3.63, 3.8) is 0 Å². The molecule has 1 aromatic carbocycles. The predicted octanol–water partition coefficient (Wildman–Crippen LogP) is 1.64. The van der Waals surface area contributed by atoms with E-state index < -0.39 is 27.4 Å². The van der Waals surface area contributed by atoms with Gasteiger partial charge in [0.1, 0.15) is 6.10 Å². The highest BCUT2D eigenvalue weighted by atomic mass is 35.5. The number of halogens is 1. The van der Waals surface area contributed by atoms with E-state index in [1.165, 1.54) is 0 Å². The molecule has 0 aliphatic carbocycles. The second kappa shape index (κ2) is 5.16. The zero-order chi connectivity index (χ0) is 13.2. The maximum atomic E-state index is 11.5. The Balaban J connectivity index is 1.93. The van der Waals surface area contributed by atoms with Gasteiger partial charge in [0.05, 0.1) is 16.9 Å². The number of alkyl halides is 1. The summed E-state index contributed by atoms with van der Waals surface area (Å²) in [5.41, 5.74) is 0.578. The normalized spacial score (nSPS) is 25.6. The second-order valence-electron chi connectivity index (χ2n) is 4.03. The average molecular weight is 290 g/mol. The maximum Gasteiger partial charge on any atom is 0.411 e. The zero-order valence-corrected chi connectivity index (χ0v) is 10.9. The van der Waals surface area contributed by atoms with Gasteiger partial charge in [-0.15, -0.1) is 11.6 Å². The number of amides is 1. The van der Waals surface area contributed by atoms with E-state index in [-0.39, 0.29) is 11.5 Å². The summed E-state index contributed by atoms with van der Waals surface area (Å²) in [7, 11) is -3.20. The zero-order valence-electron chi connectivity index (χ0n) is 9.37. The highest BCUT2D eigenvalue weighted by molar-refractivity contribution is 7.91. The fraction of sp³-hybridized carbons (Fsp3) is 0.364. The number of carbonyl (C=O) groups is 1. The van der Waals surface area contributed by atoms with Crippen LogP contribution in [0.2, 0.25) is 0 Å². The van der Waals surface area contributed by atoms with Gasteiger partial charge in [-0.05, 0) is 12.1 Å². The van der Waals surface area contributed by atoms with Gasteiger partial charge in [0, 0.05) is 5.69 Å². The van der Waals surface area contributed by atoms with E-state index in [1.54, 1.807) is 24.3 Å². The minimum absolute atomic E-state index is 0.155. The molecule has 98 valence electrons. The molecule has 0 spiro atoms. The van der Waals surface area contributed by atoms with Gasteiger partial charge >= 0.3 is 6.09 Å². The predicted molar refractivity (Wildman–Crippen MR) is 68.6 cm³/mol. The summed E-state index contributed by atoms with van der Waals surface area (Å²) >= 11 is 5.83. The SMILES string of the molecule is O=C(Nc1ccccc1)O[C@H]1CS(=O)(=O)C[C@H]1Cl. The van der Waals surface area contributed by atoms with Crippen LogP contribution in [-0.4, -0.2) is 37.5 Å². The van der Waals surface area contributed by atoms with Crippen molar-refractivity contribution in [3.8, 4) is 0 Å². The molecule has 0 bridgehead atoms. The molecule has 1 aliphatic rings. The summed E-state index contributed by atoms with van der Waals surface area (Å²) in [5, 5.41) is 1.82. The Bertz CT molecular complexity index is 531. The van der Waals surface area contributed by atoms with Crippen molar-refractivity contribution in [2.24, 2.45) is 0 Å². The maximum absolute atomic E-state index is 11.5. The number of anilines is 1. The molecule has 5 nitrogen and oxygen atoms in total. The number of rotatable bonds is 2. The molecule has 1 fully saturated rings. The fourth-order valence-electron chi connectivity index (χ4n) is 1.69. The van der Waals surface area contributed by atoms with Gasteiger partial charge in [0.15, 0.2) is 9.84 Å². The first-order chi connectivity index (χ1) is 8.46. The van der Waals surface area contributed by atoms with Gasteiger partial charge in [-0.25, -0.2) is 13.2 Å². The van der Waals surface area contributed by atoms with Crippen LogP contribution in [0.15, 0.2) is 30.3 Å². The monoisotopic (exact) mass is 289 g/mol. The average Bonchev–Trinajstić information content (AvgIpc) is 2.53. The van der Waals surface area contributed by atoms with E-state index >= 15 is 0 Å². The van der Waals surface area contributed by atoms with E-state index in [0.29, 0.717) is 5.69 Å². The van der Waals surface area contributed by atoms with Gasteiger partial charge in [-0.1, -0.05) is 18.2 Å². The van der Waals surface area contributed by atoms with E-state index in [2.05, 4.69) is 5.32 Å². The summed E-state index contributed by atoms with van der Waals surface area (Å²) in [6.07, 6.45) is -1.49. The Morgan fingerprint density at radius 1 is 1.28 bits per heavy atom. The van der Waals surface area contributed by atoms with Crippen molar-refractivity contribution in [1.82, 2.24) is 0 Å². The Labute approximate surface area is 110 Å². The van der Waals surface area contributed by atoms with Crippen LogP contribution in [0.5, 0.6) is 0 Å². The highest BCUT2D eigenvalue weighted by Gasteiger charge is 2.39. The third-order valence-corrected chi connectivity index (χ3v) is 4.84. The molecular weight excluding hydrogens is 278 g/mol. The van der Waals surface area contributed by atoms with Gasteiger partial charge in [-0.2, -0.15) is 0 Å². The molecule has 2 atom stereocenters. The molecule has 0 aromatic heterocycles. The first-order valence-electron chi connectivity index (χ1n) is 5.33. The van der Waals surface area contributed by atoms with Gasteiger partial charge < -0.3 is 4.74 Å². The molecule has 0 radical (unpaired) electrons. The lowest BCUT2D eigenvalue weighted by atomic mass is 10.3. The van der Waals surface area contributed by atoms with Crippen molar-refractivity contribution in [2.45, 2.75) is 11.5 Å². The van der Waals surface area contributed by atoms with Crippen LogP contribution in [0, 0.1) is 0 Å². The van der Waals surface area contributed by atoms with E-state index in [9.17, 15) is 13.2 Å². The summed E-state index contributed by atoms with van der Waals surface area (Å²) < 4.78 is 27.6. The van der Waals surface area contributed by atoms with Crippen LogP contribution in [0.1, 0.15) is 0 Å². The number of benzene rings is 1. The Hall–Kier alpha value is -1.27. The molecule has 2 rings (SSSR count). The van der Waals surface area contributed by atoms with Crippen molar-refractivity contribution >= 4 is 33.2 Å². The lowest BCUT2D eigenvalue weighted by Crippen LogP contribution is -2.28. The van der Waals surface area contributed by atoms with Gasteiger partial charge in [0.25, 0.3) is 0 Å². The molecule has 18 heavy (non-hydrogen) atoms. The summed E-state index contributed by atoms with van der Waals surface area (Å²) in [4.78, 5) is 11.5. The van der Waals surface area contributed by atoms with Gasteiger partial charge in [-0.3, -0.25) is 5.32 Å². The molecule has 1 N–H and O–H groups in total. The van der Waals surface area contributed by atoms with Crippen LogP contribution >= 0.6 is 11.6 Å². The van der Waals surface area contributed by atoms with Crippen LogP contribution in [-0.2, 0) is 14.6 Å².